The summed E-state index contributed by atoms with van der Waals surface area (Å²) in [4.78, 5) is 4.47. The fourth-order valence-electron chi connectivity index (χ4n) is 2.63. The van der Waals surface area contributed by atoms with Crippen LogP contribution in [0.4, 0.5) is 0 Å². The van der Waals surface area contributed by atoms with E-state index in [0.29, 0.717) is 6.42 Å². The van der Waals surface area contributed by atoms with Crippen LogP contribution in [0.5, 0.6) is 0 Å². The number of aromatic nitrogens is 2. The summed E-state index contributed by atoms with van der Waals surface area (Å²) in [5.41, 5.74) is 5.17. The number of rotatable bonds is 3. The lowest BCUT2D eigenvalue weighted by Crippen LogP contribution is -2.02. The zero-order valence-electron chi connectivity index (χ0n) is 11.7. The molecule has 0 fully saturated rings. The predicted molar refractivity (Wildman–Crippen MR) is 79.8 cm³/mol. The molecule has 102 valence electrons. The molecule has 0 spiro atoms. The average molecular weight is 266 g/mol. The minimum absolute atomic E-state index is 0.573. The van der Waals surface area contributed by atoms with Crippen LogP contribution in [0.1, 0.15) is 28.5 Å². The van der Waals surface area contributed by atoms with Crippen molar-refractivity contribution in [2.24, 2.45) is 0 Å². The van der Waals surface area contributed by atoms with Crippen LogP contribution in [-0.4, -0.2) is 14.5 Å². The van der Waals surface area contributed by atoms with Gasteiger partial charge in [0, 0.05) is 18.8 Å². The number of pyridine rings is 1. The number of hydrogen-bond donors (Lipinski definition) is 1. The maximum absolute atomic E-state index is 10.4. The van der Waals surface area contributed by atoms with Crippen LogP contribution in [0.15, 0.2) is 48.8 Å². The molecule has 2 heterocycles. The van der Waals surface area contributed by atoms with Gasteiger partial charge in [-0.05, 0) is 31.5 Å². The first-order valence-electron chi connectivity index (χ1n) is 6.81. The second-order valence-corrected chi connectivity index (χ2v) is 5.35. The third-order valence-corrected chi connectivity index (χ3v) is 3.43. The van der Waals surface area contributed by atoms with Gasteiger partial charge in [0.15, 0.2) is 0 Å². The monoisotopic (exact) mass is 266 g/mol. The van der Waals surface area contributed by atoms with Gasteiger partial charge in [-0.25, -0.2) is 4.98 Å². The SMILES string of the molecule is Cc1cc(C)cc(CC(O)c2cn3ccccc3n2)c1. The van der Waals surface area contributed by atoms with Crippen LogP contribution >= 0.6 is 0 Å². The molecule has 0 saturated carbocycles. The van der Waals surface area contributed by atoms with E-state index in [1.54, 1.807) is 0 Å². The number of aliphatic hydroxyl groups is 1. The molecule has 2 aromatic heterocycles. The second-order valence-electron chi connectivity index (χ2n) is 5.35. The smallest absolute Gasteiger partial charge is 0.137 e. The number of hydrogen-bond acceptors (Lipinski definition) is 2. The molecule has 0 saturated heterocycles. The Hall–Kier alpha value is -2.13. The molecule has 0 aliphatic rings. The highest BCUT2D eigenvalue weighted by molar-refractivity contribution is 5.40. The van der Waals surface area contributed by atoms with Crippen molar-refractivity contribution in [2.75, 3.05) is 0 Å². The Labute approximate surface area is 118 Å². The van der Waals surface area contributed by atoms with Crippen molar-refractivity contribution >= 4 is 5.65 Å². The van der Waals surface area contributed by atoms with Crippen LogP contribution in [-0.2, 0) is 6.42 Å². The summed E-state index contributed by atoms with van der Waals surface area (Å²) < 4.78 is 1.93. The van der Waals surface area contributed by atoms with E-state index in [2.05, 4.69) is 37.0 Å². The van der Waals surface area contributed by atoms with Crippen molar-refractivity contribution in [3.8, 4) is 0 Å². The zero-order valence-corrected chi connectivity index (χ0v) is 11.7. The number of fused-ring (bicyclic) bond motifs is 1. The summed E-state index contributed by atoms with van der Waals surface area (Å²) >= 11 is 0. The normalized spacial score (nSPS) is 12.8. The lowest BCUT2D eigenvalue weighted by molar-refractivity contribution is 0.174. The van der Waals surface area contributed by atoms with Crippen molar-refractivity contribution in [3.05, 3.63) is 71.2 Å². The molecule has 0 aliphatic heterocycles. The Morgan fingerprint density at radius 2 is 1.90 bits per heavy atom. The summed E-state index contributed by atoms with van der Waals surface area (Å²) in [5, 5.41) is 10.4. The van der Waals surface area contributed by atoms with E-state index in [-0.39, 0.29) is 0 Å². The van der Waals surface area contributed by atoms with E-state index in [0.717, 1.165) is 16.9 Å². The topological polar surface area (TPSA) is 37.5 Å². The highest BCUT2D eigenvalue weighted by atomic mass is 16.3. The van der Waals surface area contributed by atoms with Crippen molar-refractivity contribution in [1.82, 2.24) is 9.38 Å². The van der Waals surface area contributed by atoms with Crippen molar-refractivity contribution in [1.29, 1.82) is 0 Å². The molecule has 0 amide bonds. The molecule has 0 aliphatic carbocycles. The molecule has 1 unspecified atom stereocenters. The van der Waals surface area contributed by atoms with E-state index >= 15 is 0 Å². The van der Waals surface area contributed by atoms with Gasteiger partial charge in [-0.15, -0.1) is 0 Å². The highest BCUT2D eigenvalue weighted by Gasteiger charge is 2.13. The van der Waals surface area contributed by atoms with Crippen LogP contribution < -0.4 is 0 Å². The zero-order chi connectivity index (χ0) is 14.1. The Bertz CT molecular complexity index is 692. The lowest BCUT2D eigenvalue weighted by atomic mass is 10.0. The fraction of sp³-hybridized carbons (Fsp3) is 0.235. The van der Waals surface area contributed by atoms with E-state index in [1.807, 2.05) is 35.0 Å². The quantitative estimate of drug-likeness (QED) is 0.790. The maximum atomic E-state index is 10.4. The molecule has 3 heteroatoms. The Morgan fingerprint density at radius 1 is 1.15 bits per heavy atom. The molecule has 1 atom stereocenters. The summed E-state index contributed by atoms with van der Waals surface area (Å²) in [5.74, 6) is 0. The van der Waals surface area contributed by atoms with Gasteiger partial charge in [0.25, 0.3) is 0 Å². The van der Waals surface area contributed by atoms with Crippen molar-refractivity contribution < 1.29 is 5.11 Å². The van der Waals surface area contributed by atoms with Gasteiger partial charge >= 0.3 is 0 Å². The first-order chi connectivity index (χ1) is 9.61. The second kappa shape index (κ2) is 5.10. The van der Waals surface area contributed by atoms with Crippen LogP contribution in [0, 0.1) is 13.8 Å². The molecule has 0 bridgehead atoms. The van der Waals surface area contributed by atoms with Gasteiger partial charge in [-0.1, -0.05) is 35.4 Å². The molecule has 3 nitrogen and oxygen atoms in total. The Morgan fingerprint density at radius 3 is 2.60 bits per heavy atom. The highest BCUT2D eigenvalue weighted by Crippen LogP contribution is 2.20. The fourth-order valence-corrected chi connectivity index (χ4v) is 2.63. The van der Waals surface area contributed by atoms with Gasteiger partial charge in [-0.2, -0.15) is 0 Å². The molecular weight excluding hydrogens is 248 g/mol. The number of aryl methyl sites for hydroxylation is 2. The lowest BCUT2D eigenvalue weighted by Gasteiger charge is -2.09. The van der Waals surface area contributed by atoms with Crippen LogP contribution in [0.2, 0.25) is 0 Å². The van der Waals surface area contributed by atoms with Gasteiger partial charge in [-0.3, -0.25) is 0 Å². The Balaban J connectivity index is 1.86. The number of imidazole rings is 1. The molecule has 1 aromatic carbocycles. The number of benzene rings is 1. The molecule has 3 rings (SSSR count). The van der Waals surface area contributed by atoms with Gasteiger partial charge in [0.1, 0.15) is 11.8 Å². The summed E-state index contributed by atoms with van der Waals surface area (Å²) in [7, 11) is 0. The van der Waals surface area contributed by atoms with Crippen molar-refractivity contribution in [3.63, 3.8) is 0 Å². The van der Waals surface area contributed by atoms with Gasteiger partial charge in [0.2, 0.25) is 0 Å². The first kappa shape index (κ1) is 12.9. The van der Waals surface area contributed by atoms with Crippen LogP contribution in [0.3, 0.4) is 0 Å². The number of aliphatic hydroxyl groups excluding tert-OH is 1. The summed E-state index contributed by atoms with van der Waals surface area (Å²) in [6.45, 7) is 4.15. The van der Waals surface area contributed by atoms with Gasteiger partial charge in [0.05, 0.1) is 5.69 Å². The molecule has 0 radical (unpaired) electrons. The summed E-state index contributed by atoms with van der Waals surface area (Å²) in [6.07, 6.45) is 3.85. The van der Waals surface area contributed by atoms with E-state index < -0.39 is 6.10 Å². The van der Waals surface area contributed by atoms with Gasteiger partial charge < -0.3 is 9.51 Å². The molecule has 1 N–H and O–H groups in total. The van der Waals surface area contributed by atoms with E-state index in [1.165, 1.54) is 11.1 Å². The predicted octanol–water partition coefficient (Wildman–Crippen LogP) is 3.23. The maximum Gasteiger partial charge on any atom is 0.137 e. The van der Waals surface area contributed by atoms with Crippen LogP contribution in [0.25, 0.3) is 5.65 Å². The molecule has 20 heavy (non-hydrogen) atoms. The molecular formula is C17H18N2O. The largest absolute Gasteiger partial charge is 0.386 e. The standard InChI is InChI=1S/C17H18N2O/c1-12-7-13(2)9-14(8-12)10-16(20)15-11-19-6-4-3-5-17(19)18-15/h3-9,11,16,20H,10H2,1-2H3. The average Bonchev–Trinajstić information content (AvgIpc) is 2.81. The van der Waals surface area contributed by atoms with E-state index in [4.69, 9.17) is 0 Å². The Kier molecular flexibility index (Phi) is 3.28. The van der Waals surface area contributed by atoms with Crippen molar-refractivity contribution in [2.45, 2.75) is 26.4 Å². The molecule has 3 aromatic rings. The van der Waals surface area contributed by atoms with E-state index in [9.17, 15) is 5.11 Å². The third-order valence-electron chi connectivity index (χ3n) is 3.43. The minimum atomic E-state index is -0.573. The third kappa shape index (κ3) is 2.58. The number of nitrogens with zero attached hydrogens (tertiary/aromatic N) is 2. The summed E-state index contributed by atoms with van der Waals surface area (Å²) in [6, 6.07) is 12.2. The first-order valence-corrected chi connectivity index (χ1v) is 6.81. The minimum Gasteiger partial charge on any atom is -0.386 e.